The van der Waals surface area contributed by atoms with Gasteiger partial charge in [0, 0.05) is 36.7 Å². The minimum absolute atomic E-state index is 0.00377. The minimum Gasteiger partial charge on any atom is -0.489 e. The third-order valence-corrected chi connectivity index (χ3v) is 5.75. The number of ether oxygens (including phenoxy) is 3. The van der Waals surface area contributed by atoms with Crippen LogP contribution in [0.4, 0.5) is 10.1 Å². The molecule has 188 valence electrons. The maximum atomic E-state index is 15.2. The number of halogens is 2. The Morgan fingerprint density at radius 3 is 2.57 bits per heavy atom. The third kappa shape index (κ3) is 7.02. The van der Waals surface area contributed by atoms with Crippen LogP contribution in [0.15, 0.2) is 47.8 Å². The number of methoxy groups -OCH3 is 1. The summed E-state index contributed by atoms with van der Waals surface area (Å²) < 4.78 is 31.2. The lowest BCUT2D eigenvalue weighted by atomic mass is 9.90. The second kappa shape index (κ2) is 12.7. The lowest BCUT2D eigenvalue weighted by Gasteiger charge is -2.28. The molecule has 1 aromatic carbocycles. The van der Waals surface area contributed by atoms with Crippen LogP contribution in [0.25, 0.3) is 0 Å². The van der Waals surface area contributed by atoms with Crippen LogP contribution in [0.5, 0.6) is 5.75 Å². The molecule has 1 aliphatic carbocycles. The minimum atomic E-state index is -0.677. The number of carbonyl (C=O) groups is 2. The summed E-state index contributed by atoms with van der Waals surface area (Å²) in [5, 5.41) is 0.105. The molecule has 9 heteroatoms. The van der Waals surface area contributed by atoms with Crippen LogP contribution < -0.4 is 9.64 Å². The standard InChI is InChI=1S/C26H30ClFN2O5/c1-17(2)35-24-14-23(22(28)13-21(24)27)30(16-18-7-6-10-29-15-18)25(31)19-8-4-5-9-20(19)26(32)34-12-11-33-3/h6-7,10,13-15,17H,4-5,8-9,11-12,16H2,1-3H3. The van der Waals surface area contributed by atoms with Crippen molar-refractivity contribution in [3.63, 3.8) is 0 Å². The van der Waals surface area contributed by atoms with Crippen molar-refractivity contribution in [2.75, 3.05) is 25.2 Å². The number of anilines is 1. The molecular formula is C26H30ClFN2O5. The topological polar surface area (TPSA) is 78.0 Å². The molecule has 0 N–H and O–H groups in total. The van der Waals surface area contributed by atoms with Crippen molar-refractivity contribution < 1.29 is 28.2 Å². The highest BCUT2D eigenvalue weighted by Crippen LogP contribution is 2.36. The number of aromatic nitrogens is 1. The molecule has 1 aliphatic rings. The summed E-state index contributed by atoms with van der Waals surface area (Å²) in [5.41, 5.74) is 1.34. The van der Waals surface area contributed by atoms with Gasteiger partial charge in [0.15, 0.2) is 0 Å². The normalized spacial score (nSPS) is 13.7. The van der Waals surface area contributed by atoms with Gasteiger partial charge in [-0.25, -0.2) is 9.18 Å². The van der Waals surface area contributed by atoms with E-state index in [1.807, 2.05) is 13.8 Å². The predicted octanol–water partition coefficient (Wildman–Crippen LogP) is 5.25. The van der Waals surface area contributed by atoms with E-state index in [9.17, 15) is 9.59 Å². The number of nitrogens with zero attached hydrogens (tertiary/aromatic N) is 2. The zero-order valence-corrected chi connectivity index (χ0v) is 20.9. The van der Waals surface area contributed by atoms with Crippen LogP contribution >= 0.6 is 11.6 Å². The van der Waals surface area contributed by atoms with Gasteiger partial charge in [0.25, 0.3) is 5.91 Å². The predicted molar refractivity (Wildman–Crippen MR) is 131 cm³/mol. The van der Waals surface area contributed by atoms with E-state index >= 15 is 4.39 Å². The van der Waals surface area contributed by atoms with Crippen LogP contribution in [-0.2, 0) is 25.6 Å². The summed E-state index contributed by atoms with van der Waals surface area (Å²) in [6.45, 7) is 4.03. The molecule has 0 aliphatic heterocycles. The van der Waals surface area contributed by atoms with Crippen molar-refractivity contribution in [2.45, 2.75) is 52.2 Å². The van der Waals surface area contributed by atoms with Gasteiger partial charge in [0.1, 0.15) is 18.2 Å². The number of amides is 1. The summed E-state index contributed by atoms with van der Waals surface area (Å²) in [6.07, 6.45) is 5.32. The average Bonchev–Trinajstić information content (AvgIpc) is 2.84. The second-order valence-corrected chi connectivity index (χ2v) is 8.85. The third-order valence-electron chi connectivity index (χ3n) is 5.46. The van der Waals surface area contributed by atoms with Gasteiger partial charge in [-0.2, -0.15) is 0 Å². The first-order valence-corrected chi connectivity index (χ1v) is 11.9. The van der Waals surface area contributed by atoms with Crippen LogP contribution in [0, 0.1) is 5.82 Å². The van der Waals surface area contributed by atoms with Crippen molar-refractivity contribution in [1.82, 2.24) is 4.98 Å². The molecule has 0 spiro atoms. The molecule has 0 bridgehead atoms. The first kappa shape index (κ1) is 26.6. The fraction of sp³-hybridized carbons (Fsp3) is 0.423. The van der Waals surface area contributed by atoms with Crippen LogP contribution in [0.1, 0.15) is 45.1 Å². The second-order valence-electron chi connectivity index (χ2n) is 8.45. The molecular weight excluding hydrogens is 475 g/mol. The molecule has 3 rings (SSSR count). The molecule has 0 atom stereocenters. The van der Waals surface area contributed by atoms with Crippen molar-refractivity contribution in [3.8, 4) is 5.75 Å². The largest absolute Gasteiger partial charge is 0.489 e. The SMILES string of the molecule is COCCOC(=O)C1=C(C(=O)N(Cc2cccnc2)c2cc(OC(C)C)c(Cl)cc2F)CCCC1. The van der Waals surface area contributed by atoms with Gasteiger partial charge in [-0.1, -0.05) is 17.7 Å². The Hall–Kier alpha value is -2.97. The first-order valence-electron chi connectivity index (χ1n) is 11.6. The summed E-state index contributed by atoms with van der Waals surface area (Å²) in [7, 11) is 1.51. The number of pyridine rings is 1. The number of carbonyl (C=O) groups excluding carboxylic acids is 2. The molecule has 1 aromatic heterocycles. The van der Waals surface area contributed by atoms with Gasteiger partial charge >= 0.3 is 5.97 Å². The van der Waals surface area contributed by atoms with Crippen LogP contribution in [-0.4, -0.2) is 43.3 Å². The molecule has 0 saturated carbocycles. The fourth-order valence-electron chi connectivity index (χ4n) is 3.84. The van der Waals surface area contributed by atoms with E-state index in [1.54, 1.807) is 24.5 Å². The van der Waals surface area contributed by atoms with Gasteiger partial charge in [-0.15, -0.1) is 0 Å². The van der Waals surface area contributed by atoms with Gasteiger partial charge in [0.2, 0.25) is 0 Å². The van der Waals surface area contributed by atoms with Crippen molar-refractivity contribution in [2.24, 2.45) is 0 Å². The molecule has 35 heavy (non-hydrogen) atoms. The number of rotatable bonds is 10. The molecule has 0 saturated heterocycles. The van der Waals surface area contributed by atoms with E-state index in [0.717, 1.165) is 18.9 Å². The molecule has 1 heterocycles. The van der Waals surface area contributed by atoms with Gasteiger partial charge in [-0.3, -0.25) is 9.78 Å². The van der Waals surface area contributed by atoms with E-state index in [2.05, 4.69) is 4.98 Å². The molecule has 0 radical (unpaired) electrons. The Kier molecular flexibility index (Phi) is 9.63. The Morgan fingerprint density at radius 1 is 1.17 bits per heavy atom. The molecule has 0 unspecified atom stereocenters. The first-order chi connectivity index (χ1) is 16.8. The fourth-order valence-corrected chi connectivity index (χ4v) is 4.04. The van der Waals surface area contributed by atoms with E-state index < -0.39 is 17.7 Å². The summed E-state index contributed by atoms with van der Waals surface area (Å²) >= 11 is 6.20. The Bertz CT molecular complexity index is 1070. The van der Waals surface area contributed by atoms with Crippen molar-refractivity contribution in [1.29, 1.82) is 0 Å². The lowest BCUT2D eigenvalue weighted by molar-refractivity contribution is -0.140. The molecule has 2 aromatic rings. The maximum absolute atomic E-state index is 15.2. The quantitative estimate of drug-likeness (QED) is 0.324. The smallest absolute Gasteiger partial charge is 0.334 e. The number of hydrogen-bond donors (Lipinski definition) is 0. The van der Waals surface area contributed by atoms with Gasteiger partial charge in [0.05, 0.1) is 30.0 Å². The molecule has 0 fully saturated rings. The highest BCUT2D eigenvalue weighted by Gasteiger charge is 2.31. The highest BCUT2D eigenvalue weighted by molar-refractivity contribution is 6.32. The number of hydrogen-bond acceptors (Lipinski definition) is 6. The van der Waals surface area contributed by atoms with Crippen LogP contribution in [0.2, 0.25) is 5.02 Å². The van der Waals surface area contributed by atoms with Gasteiger partial charge < -0.3 is 19.1 Å². The lowest BCUT2D eigenvalue weighted by Crippen LogP contribution is -2.34. The number of benzene rings is 1. The Labute approximate surface area is 209 Å². The average molecular weight is 505 g/mol. The number of esters is 1. The monoisotopic (exact) mass is 504 g/mol. The van der Waals surface area contributed by atoms with E-state index in [1.165, 1.54) is 18.1 Å². The van der Waals surface area contributed by atoms with Gasteiger partial charge in [-0.05, 0) is 57.2 Å². The zero-order chi connectivity index (χ0) is 25.4. The maximum Gasteiger partial charge on any atom is 0.334 e. The van der Waals surface area contributed by atoms with E-state index in [4.69, 9.17) is 25.8 Å². The summed E-state index contributed by atoms with van der Waals surface area (Å²) in [5.74, 6) is -1.43. The summed E-state index contributed by atoms with van der Waals surface area (Å²) in [4.78, 5) is 32.1. The highest BCUT2D eigenvalue weighted by atomic mass is 35.5. The van der Waals surface area contributed by atoms with Crippen LogP contribution in [0.3, 0.4) is 0 Å². The molecule has 1 amide bonds. The summed E-state index contributed by atoms with van der Waals surface area (Å²) in [6, 6.07) is 6.09. The van der Waals surface area contributed by atoms with E-state index in [-0.39, 0.29) is 42.3 Å². The van der Waals surface area contributed by atoms with Crippen molar-refractivity contribution in [3.05, 3.63) is 64.2 Å². The molecule has 7 nitrogen and oxygen atoms in total. The zero-order valence-electron chi connectivity index (χ0n) is 20.2. The van der Waals surface area contributed by atoms with E-state index in [0.29, 0.717) is 29.6 Å². The van der Waals surface area contributed by atoms with Crippen molar-refractivity contribution >= 4 is 29.2 Å². The Morgan fingerprint density at radius 2 is 1.91 bits per heavy atom. The Balaban J connectivity index is 2.05.